The van der Waals surface area contributed by atoms with Gasteiger partial charge in [-0.2, -0.15) is 5.10 Å². The van der Waals surface area contributed by atoms with Crippen LogP contribution in [0.3, 0.4) is 0 Å². The van der Waals surface area contributed by atoms with Gasteiger partial charge in [-0.25, -0.2) is 19.9 Å². The molecule has 0 aliphatic carbocycles. The van der Waals surface area contributed by atoms with Gasteiger partial charge in [0.15, 0.2) is 5.75 Å². The first-order chi connectivity index (χ1) is 15.2. The Labute approximate surface area is 178 Å². The van der Waals surface area contributed by atoms with Crippen molar-refractivity contribution in [3.8, 4) is 28.6 Å². The van der Waals surface area contributed by atoms with E-state index in [9.17, 15) is 4.79 Å². The van der Waals surface area contributed by atoms with Gasteiger partial charge >= 0.3 is 6.03 Å². The van der Waals surface area contributed by atoms with Gasteiger partial charge in [0.05, 0.1) is 24.0 Å². The van der Waals surface area contributed by atoms with Crippen LogP contribution in [-0.4, -0.2) is 53.2 Å². The predicted octanol–water partition coefficient (Wildman–Crippen LogP) is 2.04. The highest BCUT2D eigenvalue weighted by molar-refractivity contribution is 5.91. The molecule has 3 aromatic rings. The number of carbonyl (C=O) groups is 1. The van der Waals surface area contributed by atoms with Crippen LogP contribution in [0, 0.1) is 6.92 Å². The van der Waals surface area contributed by atoms with E-state index in [-0.39, 0.29) is 12.1 Å². The van der Waals surface area contributed by atoms with Gasteiger partial charge in [0.2, 0.25) is 0 Å². The van der Waals surface area contributed by atoms with Crippen molar-refractivity contribution in [1.82, 2.24) is 25.6 Å². The molecule has 2 aromatic heterocycles. The maximum Gasteiger partial charge on any atom is 0.320 e. The molecule has 10 heteroatoms. The molecule has 5 rings (SSSR count). The normalized spacial score (nSPS) is 17.4. The summed E-state index contributed by atoms with van der Waals surface area (Å²) in [5.41, 5.74) is 5.84. The lowest BCUT2D eigenvalue weighted by Gasteiger charge is -2.17. The van der Waals surface area contributed by atoms with E-state index in [0.29, 0.717) is 49.5 Å². The number of benzene rings is 1. The number of nitrogens with zero attached hydrogens (tertiary/aromatic N) is 3. The predicted molar refractivity (Wildman–Crippen MR) is 112 cm³/mol. The van der Waals surface area contributed by atoms with Gasteiger partial charge < -0.3 is 14.8 Å². The molecular formula is C21H22N6O4. The lowest BCUT2D eigenvalue weighted by atomic mass is 10.1. The minimum atomic E-state index is -0.329. The highest BCUT2D eigenvalue weighted by atomic mass is 16.7. The molecule has 1 atom stereocenters. The molecule has 0 radical (unpaired) electrons. The Kier molecular flexibility index (Phi) is 5.14. The van der Waals surface area contributed by atoms with Crippen molar-refractivity contribution in [2.45, 2.75) is 13.0 Å². The van der Waals surface area contributed by atoms with E-state index in [1.165, 1.54) is 0 Å². The number of rotatable bonds is 4. The Bertz CT molecular complexity index is 1090. The molecular weight excluding hydrogens is 400 g/mol. The summed E-state index contributed by atoms with van der Waals surface area (Å²) in [6, 6.07) is 11.0. The molecule has 4 heterocycles. The monoisotopic (exact) mass is 422 g/mol. The molecule has 1 aromatic carbocycles. The van der Waals surface area contributed by atoms with Crippen LogP contribution in [0.15, 0.2) is 42.6 Å². The van der Waals surface area contributed by atoms with E-state index < -0.39 is 0 Å². The van der Waals surface area contributed by atoms with Gasteiger partial charge in [0.25, 0.3) is 5.88 Å². The number of fused-ring (bicyclic) bond motifs is 1. The second kappa shape index (κ2) is 8.25. The SMILES string of the molecule is Cc1c(-c2cnc3c(c2)OCCO3)nn(-c2ccccc2)c1NC(=O)NC1CNOC1. The lowest BCUT2D eigenvalue weighted by molar-refractivity contribution is 0.0996. The van der Waals surface area contributed by atoms with Crippen LogP contribution in [0.5, 0.6) is 11.6 Å². The number of carbonyl (C=O) groups excluding carboxylic acids is 1. The number of nitrogens with one attached hydrogen (secondary N) is 3. The zero-order valence-electron chi connectivity index (χ0n) is 16.9. The summed E-state index contributed by atoms with van der Waals surface area (Å²) in [6.45, 7) is 3.83. The van der Waals surface area contributed by atoms with Crippen molar-refractivity contribution in [3.63, 3.8) is 0 Å². The number of aromatic nitrogens is 3. The van der Waals surface area contributed by atoms with E-state index in [1.54, 1.807) is 10.9 Å². The quantitative estimate of drug-likeness (QED) is 0.590. The number of hydrogen-bond acceptors (Lipinski definition) is 7. The van der Waals surface area contributed by atoms with Crippen molar-refractivity contribution in [2.75, 3.05) is 31.7 Å². The summed E-state index contributed by atoms with van der Waals surface area (Å²) in [6.07, 6.45) is 1.70. The van der Waals surface area contributed by atoms with Crippen molar-refractivity contribution in [3.05, 3.63) is 48.2 Å². The Balaban J connectivity index is 1.51. The standard InChI is InChI=1S/C21H22N6O4/c1-13-18(14-9-17-20(22-10-14)30-8-7-29-17)26-27(16-5-3-2-4-6-16)19(13)25-21(28)24-15-11-23-31-12-15/h2-6,9-10,15,23H,7-8,11-12H2,1H3,(H2,24,25,28). The van der Waals surface area contributed by atoms with Crippen LogP contribution in [0.4, 0.5) is 10.6 Å². The van der Waals surface area contributed by atoms with Crippen LogP contribution in [-0.2, 0) is 4.84 Å². The maximum atomic E-state index is 12.6. The van der Waals surface area contributed by atoms with Crippen LogP contribution in [0.25, 0.3) is 16.9 Å². The molecule has 1 fully saturated rings. The largest absolute Gasteiger partial charge is 0.484 e. The molecule has 10 nitrogen and oxygen atoms in total. The third kappa shape index (κ3) is 3.90. The molecule has 0 spiro atoms. The summed E-state index contributed by atoms with van der Waals surface area (Å²) in [5.74, 6) is 1.62. The highest BCUT2D eigenvalue weighted by Crippen LogP contribution is 2.35. The van der Waals surface area contributed by atoms with E-state index in [0.717, 1.165) is 16.8 Å². The number of amides is 2. The molecule has 31 heavy (non-hydrogen) atoms. The topological polar surface area (TPSA) is 112 Å². The zero-order chi connectivity index (χ0) is 21.2. The van der Waals surface area contributed by atoms with Gasteiger partial charge in [-0.15, -0.1) is 0 Å². The smallest absolute Gasteiger partial charge is 0.320 e. The molecule has 2 amide bonds. The average molecular weight is 422 g/mol. The first-order valence-corrected chi connectivity index (χ1v) is 10.0. The molecule has 1 unspecified atom stereocenters. The summed E-state index contributed by atoms with van der Waals surface area (Å²) >= 11 is 0. The Morgan fingerprint density at radius 1 is 1.23 bits per heavy atom. The molecule has 0 saturated carbocycles. The van der Waals surface area contributed by atoms with Crippen molar-refractivity contribution in [2.24, 2.45) is 0 Å². The fraction of sp³-hybridized carbons (Fsp3) is 0.286. The first-order valence-electron chi connectivity index (χ1n) is 10.0. The van der Waals surface area contributed by atoms with Crippen LogP contribution in [0.1, 0.15) is 5.56 Å². The summed E-state index contributed by atoms with van der Waals surface area (Å²) in [4.78, 5) is 22.1. The average Bonchev–Trinajstić information content (AvgIpc) is 3.42. The number of ether oxygens (including phenoxy) is 2. The zero-order valence-corrected chi connectivity index (χ0v) is 16.9. The van der Waals surface area contributed by atoms with E-state index in [4.69, 9.17) is 19.4 Å². The minimum Gasteiger partial charge on any atom is -0.484 e. The minimum absolute atomic E-state index is 0.102. The van der Waals surface area contributed by atoms with E-state index in [2.05, 4.69) is 21.1 Å². The van der Waals surface area contributed by atoms with Crippen LogP contribution >= 0.6 is 0 Å². The molecule has 2 aliphatic rings. The fourth-order valence-corrected chi connectivity index (χ4v) is 3.54. The van der Waals surface area contributed by atoms with E-state index >= 15 is 0 Å². The first kappa shape index (κ1) is 19.3. The number of urea groups is 1. The molecule has 3 N–H and O–H groups in total. The molecule has 1 saturated heterocycles. The van der Waals surface area contributed by atoms with Gasteiger partial charge in [0.1, 0.15) is 19.0 Å². The molecule has 160 valence electrons. The second-order valence-corrected chi connectivity index (χ2v) is 7.25. The summed E-state index contributed by atoms with van der Waals surface area (Å²) in [7, 11) is 0. The third-order valence-electron chi connectivity index (χ3n) is 5.08. The summed E-state index contributed by atoms with van der Waals surface area (Å²) < 4.78 is 12.9. The second-order valence-electron chi connectivity index (χ2n) is 7.25. The van der Waals surface area contributed by atoms with E-state index in [1.807, 2.05) is 43.3 Å². The van der Waals surface area contributed by atoms with Crippen LogP contribution in [0.2, 0.25) is 0 Å². The maximum absolute atomic E-state index is 12.6. The van der Waals surface area contributed by atoms with Crippen LogP contribution < -0.4 is 25.6 Å². The van der Waals surface area contributed by atoms with Crippen molar-refractivity contribution < 1.29 is 19.1 Å². The number of pyridine rings is 1. The van der Waals surface area contributed by atoms with Gasteiger partial charge in [-0.1, -0.05) is 18.2 Å². The number of hydroxylamine groups is 1. The number of anilines is 1. The van der Waals surface area contributed by atoms with Gasteiger partial charge in [-0.05, 0) is 25.1 Å². The summed E-state index contributed by atoms with van der Waals surface area (Å²) in [5, 5.41) is 10.6. The molecule has 2 aliphatic heterocycles. The van der Waals surface area contributed by atoms with Crippen molar-refractivity contribution in [1.29, 1.82) is 0 Å². The number of para-hydroxylation sites is 1. The lowest BCUT2D eigenvalue weighted by Crippen LogP contribution is -2.41. The number of hydrogen-bond donors (Lipinski definition) is 3. The highest BCUT2D eigenvalue weighted by Gasteiger charge is 2.23. The third-order valence-corrected chi connectivity index (χ3v) is 5.08. The Morgan fingerprint density at radius 3 is 2.87 bits per heavy atom. The Morgan fingerprint density at radius 2 is 2.06 bits per heavy atom. The molecule has 0 bridgehead atoms. The van der Waals surface area contributed by atoms with Gasteiger partial charge in [0, 0.05) is 23.9 Å². The fourth-order valence-electron chi connectivity index (χ4n) is 3.54. The van der Waals surface area contributed by atoms with Crippen molar-refractivity contribution >= 4 is 11.8 Å². The van der Waals surface area contributed by atoms with Gasteiger partial charge in [-0.3, -0.25) is 10.2 Å². The Hall–Kier alpha value is -3.63.